The van der Waals surface area contributed by atoms with Crippen LogP contribution in [0, 0.1) is 0 Å². The summed E-state index contributed by atoms with van der Waals surface area (Å²) in [6.45, 7) is 2.37. The number of ether oxygens (including phenoxy) is 3. The van der Waals surface area contributed by atoms with Crippen LogP contribution in [0.2, 0.25) is 0 Å². The van der Waals surface area contributed by atoms with Crippen LogP contribution in [0.3, 0.4) is 0 Å². The summed E-state index contributed by atoms with van der Waals surface area (Å²) >= 11 is 0. The number of carbonyl (C=O) groups is 1. The zero-order valence-corrected chi connectivity index (χ0v) is 10.9. The van der Waals surface area contributed by atoms with E-state index in [0.717, 1.165) is 0 Å². The minimum absolute atomic E-state index is 0.209. The lowest BCUT2D eigenvalue weighted by Gasteiger charge is -2.14. The number of esters is 1. The maximum atomic E-state index is 11.9. The van der Waals surface area contributed by atoms with Crippen LogP contribution in [-0.4, -0.2) is 32.9 Å². The van der Waals surface area contributed by atoms with Gasteiger partial charge in [0.25, 0.3) is 0 Å². The lowest BCUT2D eigenvalue weighted by atomic mass is 10.2. The molecule has 1 rings (SSSR count). The van der Waals surface area contributed by atoms with Gasteiger partial charge in [0, 0.05) is 31.9 Å². The topological polar surface area (TPSA) is 70.8 Å². The van der Waals surface area contributed by atoms with Gasteiger partial charge in [-0.05, 0) is 19.1 Å². The van der Waals surface area contributed by atoms with Crippen LogP contribution < -0.4 is 10.5 Å². The van der Waals surface area contributed by atoms with Crippen LogP contribution in [0.25, 0.3) is 0 Å². The Balaban J connectivity index is 2.72. The van der Waals surface area contributed by atoms with Crippen molar-refractivity contribution in [2.45, 2.75) is 19.4 Å². The largest absolute Gasteiger partial charge is 0.496 e. The molecule has 0 radical (unpaired) electrons. The van der Waals surface area contributed by atoms with Crippen LogP contribution in [0.5, 0.6) is 5.75 Å². The normalized spacial score (nSPS) is 11.9. The van der Waals surface area contributed by atoms with E-state index >= 15 is 0 Å². The summed E-state index contributed by atoms with van der Waals surface area (Å²) in [4.78, 5) is 11.9. The Kier molecular flexibility index (Phi) is 5.45. The van der Waals surface area contributed by atoms with Crippen LogP contribution >= 0.6 is 0 Å². The minimum Gasteiger partial charge on any atom is -0.496 e. The van der Waals surface area contributed by atoms with E-state index in [2.05, 4.69) is 0 Å². The highest BCUT2D eigenvalue weighted by atomic mass is 16.5. The van der Waals surface area contributed by atoms with Gasteiger partial charge in [-0.3, -0.25) is 0 Å². The summed E-state index contributed by atoms with van der Waals surface area (Å²) in [5, 5.41) is 0. The first-order chi connectivity index (χ1) is 8.58. The van der Waals surface area contributed by atoms with Crippen molar-refractivity contribution in [1.29, 1.82) is 0 Å². The Morgan fingerprint density at radius 3 is 2.72 bits per heavy atom. The first-order valence-corrected chi connectivity index (χ1v) is 5.72. The van der Waals surface area contributed by atoms with Gasteiger partial charge in [-0.1, -0.05) is 0 Å². The zero-order valence-electron chi connectivity index (χ0n) is 10.9. The van der Waals surface area contributed by atoms with Crippen LogP contribution in [0.1, 0.15) is 23.7 Å². The van der Waals surface area contributed by atoms with E-state index in [1.54, 1.807) is 25.3 Å². The van der Waals surface area contributed by atoms with Gasteiger partial charge < -0.3 is 19.9 Å². The summed E-state index contributed by atoms with van der Waals surface area (Å²) in [5.74, 6) is -0.00519. The fraction of sp³-hybridized carbons (Fsp3) is 0.462. The van der Waals surface area contributed by atoms with Gasteiger partial charge in [-0.25, -0.2) is 4.79 Å². The third-order valence-corrected chi connectivity index (χ3v) is 2.48. The van der Waals surface area contributed by atoms with Crippen molar-refractivity contribution >= 4 is 11.7 Å². The molecule has 1 unspecified atom stereocenters. The third-order valence-electron chi connectivity index (χ3n) is 2.48. The molecule has 0 fully saturated rings. The molecule has 0 saturated carbocycles. The van der Waals surface area contributed by atoms with E-state index < -0.39 is 5.97 Å². The molecule has 1 aromatic rings. The average molecular weight is 253 g/mol. The zero-order chi connectivity index (χ0) is 13.5. The fourth-order valence-electron chi connectivity index (χ4n) is 1.47. The van der Waals surface area contributed by atoms with E-state index in [1.165, 1.54) is 7.11 Å². The number of carbonyl (C=O) groups excluding carboxylic acids is 1. The molecule has 0 aliphatic rings. The number of hydrogen-bond acceptors (Lipinski definition) is 5. The van der Waals surface area contributed by atoms with Crippen LogP contribution in [0.4, 0.5) is 5.69 Å². The van der Waals surface area contributed by atoms with Gasteiger partial charge in [-0.15, -0.1) is 0 Å². The Bertz CT molecular complexity index is 406. The Labute approximate surface area is 107 Å². The Morgan fingerprint density at radius 2 is 2.11 bits per heavy atom. The van der Waals surface area contributed by atoms with E-state index in [-0.39, 0.29) is 6.10 Å². The number of anilines is 1. The van der Waals surface area contributed by atoms with Crippen molar-refractivity contribution in [1.82, 2.24) is 0 Å². The van der Waals surface area contributed by atoms with E-state index in [0.29, 0.717) is 30.0 Å². The molecule has 0 aliphatic carbocycles. The summed E-state index contributed by atoms with van der Waals surface area (Å²) < 4.78 is 15.3. The van der Waals surface area contributed by atoms with Gasteiger partial charge in [0.05, 0.1) is 7.11 Å². The number of benzene rings is 1. The van der Waals surface area contributed by atoms with E-state index in [1.807, 2.05) is 6.92 Å². The molecule has 0 aliphatic heterocycles. The Hall–Kier alpha value is -1.75. The monoisotopic (exact) mass is 253 g/mol. The predicted molar refractivity (Wildman–Crippen MR) is 68.8 cm³/mol. The van der Waals surface area contributed by atoms with Crippen molar-refractivity contribution in [2.75, 3.05) is 26.6 Å². The quantitative estimate of drug-likeness (QED) is 0.619. The first kappa shape index (κ1) is 14.3. The maximum Gasteiger partial charge on any atom is 0.342 e. The van der Waals surface area contributed by atoms with Crippen molar-refractivity contribution in [2.24, 2.45) is 0 Å². The van der Waals surface area contributed by atoms with Crippen molar-refractivity contribution < 1.29 is 19.0 Å². The van der Waals surface area contributed by atoms with Gasteiger partial charge in [0.2, 0.25) is 0 Å². The second kappa shape index (κ2) is 6.86. The lowest BCUT2D eigenvalue weighted by Crippen LogP contribution is -2.17. The van der Waals surface area contributed by atoms with Gasteiger partial charge in [0.15, 0.2) is 0 Å². The summed E-state index contributed by atoms with van der Waals surface area (Å²) in [6, 6.07) is 4.83. The number of hydrogen-bond donors (Lipinski definition) is 1. The van der Waals surface area contributed by atoms with Crippen LogP contribution in [-0.2, 0) is 9.47 Å². The smallest absolute Gasteiger partial charge is 0.342 e. The van der Waals surface area contributed by atoms with Crippen LogP contribution in [0.15, 0.2) is 18.2 Å². The summed E-state index contributed by atoms with van der Waals surface area (Å²) in [5.41, 5.74) is 6.53. The van der Waals surface area contributed by atoms with Crippen molar-refractivity contribution in [3.8, 4) is 5.75 Å². The second-order valence-electron chi connectivity index (χ2n) is 3.96. The molecular formula is C13H19NO4. The first-order valence-electron chi connectivity index (χ1n) is 5.72. The lowest BCUT2D eigenvalue weighted by molar-refractivity contribution is 0.0263. The summed E-state index contributed by atoms with van der Waals surface area (Å²) in [6.07, 6.45) is 0.444. The molecule has 0 bridgehead atoms. The molecule has 0 saturated heterocycles. The number of nitrogen functional groups attached to an aromatic ring is 1. The molecule has 1 atom stereocenters. The third kappa shape index (κ3) is 3.92. The molecule has 1 aromatic carbocycles. The molecular weight excluding hydrogens is 234 g/mol. The maximum absolute atomic E-state index is 11.9. The number of methoxy groups -OCH3 is 2. The van der Waals surface area contributed by atoms with Crippen molar-refractivity contribution in [3.63, 3.8) is 0 Å². The van der Waals surface area contributed by atoms with Gasteiger partial charge in [0.1, 0.15) is 17.4 Å². The Morgan fingerprint density at radius 1 is 1.39 bits per heavy atom. The van der Waals surface area contributed by atoms with Gasteiger partial charge in [-0.2, -0.15) is 0 Å². The van der Waals surface area contributed by atoms with Gasteiger partial charge >= 0.3 is 5.97 Å². The molecule has 5 heteroatoms. The molecule has 0 amide bonds. The molecule has 5 nitrogen and oxygen atoms in total. The highest BCUT2D eigenvalue weighted by Crippen LogP contribution is 2.22. The highest BCUT2D eigenvalue weighted by Gasteiger charge is 2.16. The van der Waals surface area contributed by atoms with E-state index in [9.17, 15) is 4.79 Å². The molecule has 100 valence electrons. The minimum atomic E-state index is -0.421. The number of nitrogens with two attached hydrogens (primary N) is 1. The summed E-state index contributed by atoms with van der Waals surface area (Å²) in [7, 11) is 3.09. The molecule has 18 heavy (non-hydrogen) atoms. The van der Waals surface area contributed by atoms with Crippen molar-refractivity contribution in [3.05, 3.63) is 23.8 Å². The molecule has 2 N–H and O–H groups in total. The average Bonchev–Trinajstić information content (AvgIpc) is 2.35. The second-order valence-corrected chi connectivity index (χ2v) is 3.96. The SMILES string of the molecule is COCCC(C)OC(=O)c1ccc(N)cc1OC. The standard InChI is InChI=1S/C13H19NO4/c1-9(6-7-16-2)18-13(15)11-5-4-10(14)8-12(11)17-3/h4-5,8-9H,6-7,14H2,1-3H3. The number of rotatable bonds is 6. The predicted octanol–water partition coefficient (Wildman–Crippen LogP) is 1.86. The molecule has 0 spiro atoms. The molecule has 0 heterocycles. The fourth-order valence-corrected chi connectivity index (χ4v) is 1.47. The highest BCUT2D eigenvalue weighted by molar-refractivity contribution is 5.93. The molecule has 0 aromatic heterocycles. The van der Waals surface area contributed by atoms with E-state index in [4.69, 9.17) is 19.9 Å².